The summed E-state index contributed by atoms with van der Waals surface area (Å²) in [6.07, 6.45) is 1.98. The predicted molar refractivity (Wildman–Crippen MR) is 116 cm³/mol. The van der Waals surface area contributed by atoms with Gasteiger partial charge in [-0.1, -0.05) is 24.3 Å². The normalized spacial score (nSPS) is 12.8. The lowest BCUT2D eigenvalue weighted by molar-refractivity contribution is -0.123. The van der Waals surface area contributed by atoms with Gasteiger partial charge in [0.15, 0.2) is 6.61 Å². The Kier molecular flexibility index (Phi) is 5.84. The van der Waals surface area contributed by atoms with Crippen LogP contribution in [0.4, 0.5) is 5.69 Å². The number of rotatable bonds is 7. The molecule has 1 aliphatic rings. The van der Waals surface area contributed by atoms with Crippen LogP contribution in [-0.4, -0.2) is 37.5 Å². The van der Waals surface area contributed by atoms with E-state index in [9.17, 15) is 14.4 Å². The molecule has 0 aliphatic heterocycles. The Hall–Kier alpha value is -3.87. The number of ether oxygens (including phenoxy) is 2. The summed E-state index contributed by atoms with van der Waals surface area (Å²) in [6.45, 7) is -0.164. The topological polar surface area (TPSA) is 93.7 Å². The molecule has 0 aromatic heterocycles. The third-order valence-electron chi connectivity index (χ3n) is 4.96. The van der Waals surface area contributed by atoms with E-state index in [0.717, 1.165) is 23.6 Å². The average Bonchev–Trinajstić information content (AvgIpc) is 3.61. The lowest BCUT2D eigenvalue weighted by atomic mass is 10.0. The molecule has 7 nitrogen and oxygen atoms in total. The summed E-state index contributed by atoms with van der Waals surface area (Å²) in [5.74, 6) is -0.713. The van der Waals surface area contributed by atoms with Gasteiger partial charge in [-0.25, -0.2) is 4.79 Å². The number of hydrogen-bond acceptors (Lipinski definition) is 5. The maximum Gasteiger partial charge on any atom is 0.337 e. The fourth-order valence-electron chi connectivity index (χ4n) is 3.16. The predicted octanol–water partition coefficient (Wildman–Crippen LogP) is 3.54. The van der Waals surface area contributed by atoms with Gasteiger partial charge in [-0.2, -0.15) is 0 Å². The quantitative estimate of drug-likeness (QED) is 0.573. The van der Waals surface area contributed by atoms with Crippen LogP contribution in [0.25, 0.3) is 10.8 Å². The minimum Gasteiger partial charge on any atom is -0.483 e. The van der Waals surface area contributed by atoms with Crippen LogP contribution in [0.5, 0.6) is 5.75 Å². The molecule has 3 aromatic rings. The van der Waals surface area contributed by atoms with Crippen LogP contribution in [0.2, 0.25) is 0 Å². The fraction of sp³-hybridized carbons (Fsp3) is 0.208. The minimum absolute atomic E-state index is 0.164. The van der Waals surface area contributed by atoms with E-state index in [4.69, 9.17) is 4.74 Å². The van der Waals surface area contributed by atoms with E-state index in [-0.39, 0.29) is 24.5 Å². The van der Waals surface area contributed by atoms with Crippen molar-refractivity contribution in [2.24, 2.45) is 0 Å². The van der Waals surface area contributed by atoms with Gasteiger partial charge in [0, 0.05) is 11.7 Å². The van der Waals surface area contributed by atoms with Gasteiger partial charge in [0.1, 0.15) is 5.75 Å². The number of carbonyl (C=O) groups excluding carboxylic acids is 3. The molecule has 1 aliphatic carbocycles. The van der Waals surface area contributed by atoms with E-state index >= 15 is 0 Å². The van der Waals surface area contributed by atoms with E-state index in [2.05, 4.69) is 15.4 Å². The molecule has 0 saturated heterocycles. The number of methoxy groups -OCH3 is 1. The zero-order chi connectivity index (χ0) is 21.8. The molecule has 0 spiro atoms. The van der Waals surface area contributed by atoms with Crippen molar-refractivity contribution in [2.75, 3.05) is 19.0 Å². The zero-order valence-corrected chi connectivity index (χ0v) is 17.0. The van der Waals surface area contributed by atoms with E-state index < -0.39 is 5.97 Å². The zero-order valence-electron chi connectivity index (χ0n) is 17.0. The molecule has 0 bridgehead atoms. The highest BCUT2D eigenvalue weighted by molar-refractivity contribution is 6.09. The Morgan fingerprint density at radius 2 is 1.65 bits per heavy atom. The summed E-state index contributed by atoms with van der Waals surface area (Å²) >= 11 is 0. The fourth-order valence-corrected chi connectivity index (χ4v) is 3.16. The van der Waals surface area contributed by atoms with Crippen LogP contribution in [0.3, 0.4) is 0 Å². The molecular formula is C24H22N2O5. The highest BCUT2D eigenvalue weighted by atomic mass is 16.5. The van der Waals surface area contributed by atoms with E-state index in [0.29, 0.717) is 22.6 Å². The number of esters is 1. The first-order valence-corrected chi connectivity index (χ1v) is 9.98. The van der Waals surface area contributed by atoms with Crippen molar-refractivity contribution in [3.05, 3.63) is 71.8 Å². The molecule has 2 amide bonds. The first-order valence-electron chi connectivity index (χ1n) is 9.98. The summed E-state index contributed by atoms with van der Waals surface area (Å²) in [5, 5.41) is 7.45. The molecular weight excluding hydrogens is 396 g/mol. The maximum atomic E-state index is 13.0. The van der Waals surface area contributed by atoms with Crippen LogP contribution in [0, 0.1) is 0 Å². The first kappa shape index (κ1) is 20.4. The molecule has 0 heterocycles. The average molecular weight is 418 g/mol. The summed E-state index contributed by atoms with van der Waals surface area (Å²) in [5.41, 5.74) is 1.22. The molecule has 0 atom stereocenters. The molecule has 4 rings (SSSR count). The number of nitrogens with one attached hydrogen (secondary N) is 2. The van der Waals surface area contributed by atoms with Gasteiger partial charge >= 0.3 is 5.97 Å². The van der Waals surface area contributed by atoms with Gasteiger partial charge in [-0.15, -0.1) is 0 Å². The molecule has 0 radical (unpaired) electrons. The summed E-state index contributed by atoms with van der Waals surface area (Å²) in [4.78, 5) is 36.6. The van der Waals surface area contributed by atoms with E-state index in [1.54, 1.807) is 36.4 Å². The molecule has 1 saturated carbocycles. The number of hydrogen-bond donors (Lipinski definition) is 2. The monoisotopic (exact) mass is 418 g/mol. The Balaban J connectivity index is 1.55. The Morgan fingerprint density at radius 3 is 2.29 bits per heavy atom. The summed E-state index contributed by atoms with van der Waals surface area (Å²) in [6, 6.07) is 17.7. The van der Waals surface area contributed by atoms with Crippen molar-refractivity contribution in [2.45, 2.75) is 18.9 Å². The van der Waals surface area contributed by atoms with Crippen LogP contribution in [-0.2, 0) is 9.53 Å². The lowest BCUT2D eigenvalue weighted by Gasteiger charge is -2.14. The molecule has 1 fully saturated rings. The van der Waals surface area contributed by atoms with Gasteiger partial charge in [0.25, 0.3) is 11.8 Å². The molecule has 31 heavy (non-hydrogen) atoms. The molecule has 158 valence electrons. The maximum absolute atomic E-state index is 13.0. The summed E-state index contributed by atoms with van der Waals surface area (Å²) < 4.78 is 10.4. The number of carbonyl (C=O) groups is 3. The van der Waals surface area contributed by atoms with Crippen LogP contribution in [0.15, 0.2) is 60.7 Å². The van der Waals surface area contributed by atoms with Gasteiger partial charge in [-0.3, -0.25) is 9.59 Å². The van der Waals surface area contributed by atoms with Crippen molar-refractivity contribution < 1.29 is 23.9 Å². The number of fused-ring (bicyclic) bond motifs is 1. The molecule has 3 aromatic carbocycles. The smallest absolute Gasteiger partial charge is 0.337 e. The molecule has 0 unspecified atom stereocenters. The van der Waals surface area contributed by atoms with E-state index in [1.807, 2.05) is 24.3 Å². The van der Waals surface area contributed by atoms with Crippen molar-refractivity contribution in [3.63, 3.8) is 0 Å². The van der Waals surface area contributed by atoms with E-state index in [1.165, 1.54) is 7.11 Å². The second-order valence-electron chi connectivity index (χ2n) is 7.35. The lowest BCUT2D eigenvalue weighted by Crippen LogP contribution is -2.30. The van der Waals surface area contributed by atoms with Crippen LogP contribution < -0.4 is 15.4 Å². The van der Waals surface area contributed by atoms with Crippen LogP contribution in [0.1, 0.15) is 33.6 Å². The standard InChI is InChI=1S/C24H22N2O5/c1-30-24(29)15-6-8-19(9-7-15)26-23(28)20-12-16-4-2-3-5-17(16)13-21(20)31-14-22(27)25-18-10-11-18/h2-9,12-13,18H,10-11,14H2,1H3,(H,25,27)(H,26,28). The van der Waals surface area contributed by atoms with Gasteiger partial charge in [0.05, 0.1) is 18.2 Å². The third kappa shape index (κ3) is 5.01. The van der Waals surface area contributed by atoms with Gasteiger partial charge < -0.3 is 20.1 Å². The van der Waals surface area contributed by atoms with Crippen LogP contribution >= 0.6 is 0 Å². The molecule has 7 heteroatoms. The highest BCUT2D eigenvalue weighted by Crippen LogP contribution is 2.27. The second kappa shape index (κ2) is 8.87. The third-order valence-corrected chi connectivity index (χ3v) is 4.96. The SMILES string of the molecule is COC(=O)c1ccc(NC(=O)c2cc3ccccc3cc2OCC(=O)NC2CC2)cc1. The Bertz CT molecular complexity index is 1140. The summed E-state index contributed by atoms with van der Waals surface area (Å²) in [7, 11) is 1.31. The number of amides is 2. The van der Waals surface area contributed by atoms with Gasteiger partial charge in [0.2, 0.25) is 0 Å². The number of benzene rings is 3. The Morgan fingerprint density at radius 1 is 0.968 bits per heavy atom. The van der Waals surface area contributed by atoms with Gasteiger partial charge in [-0.05, 0) is 60.0 Å². The first-order chi connectivity index (χ1) is 15.0. The van der Waals surface area contributed by atoms with Crippen molar-refractivity contribution >= 4 is 34.2 Å². The molecule has 2 N–H and O–H groups in total. The van der Waals surface area contributed by atoms with Crippen molar-refractivity contribution in [1.29, 1.82) is 0 Å². The minimum atomic E-state index is -0.451. The van der Waals surface area contributed by atoms with Crippen molar-refractivity contribution in [1.82, 2.24) is 5.32 Å². The highest BCUT2D eigenvalue weighted by Gasteiger charge is 2.24. The second-order valence-corrected chi connectivity index (χ2v) is 7.35. The van der Waals surface area contributed by atoms with Crippen molar-refractivity contribution in [3.8, 4) is 5.75 Å². The Labute approximate surface area is 179 Å². The largest absolute Gasteiger partial charge is 0.483 e. The number of anilines is 1.